The van der Waals surface area contributed by atoms with Crippen LogP contribution in [0.2, 0.25) is 0 Å². The smallest absolute Gasteiger partial charge is 0.119 e. The molecule has 0 amide bonds. The van der Waals surface area contributed by atoms with Crippen LogP contribution in [-0.2, 0) is 0 Å². The van der Waals surface area contributed by atoms with Crippen LogP contribution in [0.1, 0.15) is 44.2 Å². The molecule has 3 nitrogen and oxygen atoms in total. The second-order valence-electron chi connectivity index (χ2n) is 5.20. The van der Waals surface area contributed by atoms with E-state index < -0.39 is 0 Å². The number of hydrogen-bond acceptors (Lipinski definition) is 3. The zero-order valence-electron chi connectivity index (χ0n) is 11.1. The van der Waals surface area contributed by atoms with Crippen LogP contribution < -0.4 is 16.2 Å². The first-order valence-corrected chi connectivity index (χ1v) is 6.94. The van der Waals surface area contributed by atoms with Gasteiger partial charge in [-0.05, 0) is 56.2 Å². The number of nitrogens with two attached hydrogens (primary N) is 2. The summed E-state index contributed by atoms with van der Waals surface area (Å²) in [7, 11) is 0. The summed E-state index contributed by atoms with van der Waals surface area (Å²) in [6.07, 6.45) is 4.51. The molecule has 1 atom stereocenters. The molecule has 1 saturated carbocycles. The molecule has 1 unspecified atom stereocenters. The molecule has 0 saturated heterocycles. The van der Waals surface area contributed by atoms with Crippen molar-refractivity contribution in [1.29, 1.82) is 0 Å². The maximum absolute atomic E-state index is 6.36. The number of benzene rings is 1. The van der Waals surface area contributed by atoms with Gasteiger partial charge < -0.3 is 16.2 Å². The number of hydrogen-bond donors (Lipinski definition) is 2. The van der Waals surface area contributed by atoms with Crippen LogP contribution >= 0.6 is 0 Å². The predicted octanol–water partition coefficient (Wildman–Crippen LogP) is 2.60. The first kappa shape index (κ1) is 13.4. The van der Waals surface area contributed by atoms with E-state index in [4.69, 9.17) is 16.2 Å². The van der Waals surface area contributed by atoms with E-state index in [9.17, 15) is 0 Å². The Kier molecular flexibility index (Phi) is 4.61. The molecular weight excluding hydrogens is 224 g/mol. The third kappa shape index (κ3) is 3.24. The second kappa shape index (κ2) is 6.21. The van der Waals surface area contributed by atoms with Gasteiger partial charge in [-0.1, -0.05) is 12.1 Å². The van der Waals surface area contributed by atoms with E-state index in [0.717, 1.165) is 31.4 Å². The Bertz CT molecular complexity index is 355. The molecule has 1 aromatic carbocycles. The Morgan fingerprint density at radius 1 is 1.17 bits per heavy atom. The molecule has 3 heteroatoms. The van der Waals surface area contributed by atoms with Gasteiger partial charge in [0, 0.05) is 12.1 Å². The van der Waals surface area contributed by atoms with Gasteiger partial charge in [0.1, 0.15) is 5.75 Å². The zero-order chi connectivity index (χ0) is 13.0. The molecule has 0 aromatic heterocycles. The van der Waals surface area contributed by atoms with E-state index in [1.807, 2.05) is 19.1 Å². The van der Waals surface area contributed by atoms with E-state index >= 15 is 0 Å². The van der Waals surface area contributed by atoms with Gasteiger partial charge >= 0.3 is 0 Å². The van der Waals surface area contributed by atoms with E-state index in [0.29, 0.717) is 18.6 Å². The maximum atomic E-state index is 6.36. The minimum absolute atomic E-state index is 0.133. The highest BCUT2D eigenvalue weighted by Gasteiger charge is 2.24. The lowest BCUT2D eigenvalue weighted by molar-refractivity contribution is 0.284. The standard InChI is InChI=1S/C15H24N2O/c1-2-18-14-9-5-12(6-10-14)15(17)11-3-7-13(16)8-4-11/h5-6,9-11,13,15H,2-4,7-8,16-17H2,1H3. The summed E-state index contributed by atoms with van der Waals surface area (Å²) < 4.78 is 5.44. The van der Waals surface area contributed by atoms with Crippen LogP contribution in [0, 0.1) is 5.92 Å². The molecule has 1 aromatic rings. The van der Waals surface area contributed by atoms with E-state index in [-0.39, 0.29) is 6.04 Å². The van der Waals surface area contributed by atoms with Crippen LogP contribution in [-0.4, -0.2) is 12.6 Å². The third-order valence-corrected chi connectivity index (χ3v) is 3.90. The second-order valence-corrected chi connectivity index (χ2v) is 5.20. The van der Waals surface area contributed by atoms with Crippen molar-refractivity contribution in [2.75, 3.05) is 6.61 Å². The van der Waals surface area contributed by atoms with Crippen molar-refractivity contribution in [3.8, 4) is 5.75 Å². The largest absolute Gasteiger partial charge is 0.494 e. The highest BCUT2D eigenvalue weighted by Crippen LogP contribution is 2.33. The van der Waals surface area contributed by atoms with Gasteiger partial charge in [0.25, 0.3) is 0 Å². The summed E-state index contributed by atoms with van der Waals surface area (Å²) in [5.74, 6) is 1.49. The quantitative estimate of drug-likeness (QED) is 0.861. The normalized spacial score (nSPS) is 25.7. The summed E-state index contributed by atoms with van der Waals surface area (Å²) in [6, 6.07) is 8.71. The lowest BCUT2D eigenvalue weighted by atomic mass is 9.80. The van der Waals surface area contributed by atoms with Crippen molar-refractivity contribution in [3.63, 3.8) is 0 Å². The number of ether oxygens (including phenoxy) is 1. The topological polar surface area (TPSA) is 61.3 Å². The van der Waals surface area contributed by atoms with Crippen molar-refractivity contribution in [3.05, 3.63) is 29.8 Å². The highest BCUT2D eigenvalue weighted by atomic mass is 16.5. The van der Waals surface area contributed by atoms with E-state index in [1.165, 1.54) is 5.56 Å². The summed E-state index contributed by atoms with van der Waals surface area (Å²) in [6.45, 7) is 2.69. The fourth-order valence-electron chi connectivity index (χ4n) is 2.73. The highest BCUT2D eigenvalue weighted by molar-refractivity contribution is 5.29. The first-order valence-electron chi connectivity index (χ1n) is 6.94. The summed E-state index contributed by atoms with van der Waals surface area (Å²) in [5.41, 5.74) is 13.5. The molecular formula is C15H24N2O. The molecule has 1 fully saturated rings. The van der Waals surface area contributed by atoms with Crippen molar-refractivity contribution < 1.29 is 4.74 Å². The average molecular weight is 248 g/mol. The number of rotatable bonds is 4. The monoisotopic (exact) mass is 248 g/mol. The first-order chi connectivity index (χ1) is 8.70. The Morgan fingerprint density at radius 2 is 1.78 bits per heavy atom. The fraction of sp³-hybridized carbons (Fsp3) is 0.600. The van der Waals surface area contributed by atoms with Crippen LogP contribution in [0.25, 0.3) is 0 Å². The van der Waals surface area contributed by atoms with Crippen molar-refractivity contribution in [2.45, 2.75) is 44.7 Å². The SMILES string of the molecule is CCOc1ccc(C(N)C2CCC(N)CC2)cc1. The molecule has 0 bridgehead atoms. The van der Waals surface area contributed by atoms with Gasteiger partial charge in [0.15, 0.2) is 0 Å². The predicted molar refractivity (Wildman–Crippen MR) is 74.5 cm³/mol. The van der Waals surface area contributed by atoms with Crippen molar-refractivity contribution in [2.24, 2.45) is 17.4 Å². The van der Waals surface area contributed by atoms with Gasteiger partial charge in [0.05, 0.1) is 6.61 Å². The Balaban J connectivity index is 1.97. The minimum Gasteiger partial charge on any atom is -0.494 e. The van der Waals surface area contributed by atoms with Crippen LogP contribution in [0.4, 0.5) is 0 Å². The van der Waals surface area contributed by atoms with Gasteiger partial charge in [-0.25, -0.2) is 0 Å². The summed E-state index contributed by atoms with van der Waals surface area (Å²) in [4.78, 5) is 0. The van der Waals surface area contributed by atoms with Gasteiger partial charge in [0.2, 0.25) is 0 Å². The molecule has 18 heavy (non-hydrogen) atoms. The van der Waals surface area contributed by atoms with Crippen LogP contribution in [0.5, 0.6) is 5.75 Å². The molecule has 1 aliphatic rings. The molecule has 0 spiro atoms. The zero-order valence-corrected chi connectivity index (χ0v) is 11.1. The molecule has 1 aliphatic carbocycles. The molecule has 2 rings (SSSR count). The third-order valence-electron chi connectivity index (χ3n) is 3.90. The van der Waals surface area contributed by atoms with Crippen LogP contribution in [0.3, 0.4) is 0 Å². The molecule has 100 valence electrons. The van der Waals surface area contributed by atoms with E-state index in [1.54, 1.807) is 0 Å². The lowest BCUT2D eigenvalue weighted by Crippen LogP contribution is -2.31. The van der Waals surface area contributed by atoms with Crippen LogP contribution in [0.15, 0.2) is 24.3 Å². The molecule has 0 radical (unpaired) electrons. The van der Waals surface area contributed by atoms with Crippen molar-refractivity contribution in [1.82, 2.24) is 0 Å². The Morgan fingerprint density at radius 3 is 2.33 bits per heavy atom. The lowest BCUT2D eigenvalue weighted by Gasteiger charge is -2.30. The fourth-order valence-corrected chi connectivity index (χ4v) is 2.73. The van der Waals surface area contributed by atoms with Crippen molar-refractivity contribution >= 4 is 0 Å². The molecule has 0 aliphatic heterocycles. The minimum atomic E-state index is 0.133. The van der Waals surface area contributed by atoms with Gasteiger partial charge in [-0.3, -0.25) is 0 Å². The van der Waals surface area contributed by atoms with E-state index in [2.05, 4.69) is 12.1 Å². The molecule has 4 N–H and O–H groups in total. The summed E-state index contributed by atoms with van der Waals surface area (Å²) in [5, 5.41) is 0. The Hall–Kier alpha value is -1.06. The average Bonchev–Trinajstić information content (AvgIpc) is 2.40. The van der Waals surface area contributed by atoms with Gasteiger partial charge in [-0.2, -0.15) is 0 Å². The maximum Gasteiger partial charge on any atom is 0.119 e. The summed E-state index contributed by atoms with van der Waals surface area (Å²) >= 11 is 0. The molecule has 0 heterocycles. The Labute approximate surface area is 110 Å². The van der Waals surface area contributed by atoms with Gasteiger partial charge in [-0.15, -0.1) is 0 Å².